The quantitative estimate of drug-likeness (QED) is 0.700. The summed E-state index contributed by atoms with van der Waals surface area (Å²) in [5.74, 6) is -0.451. The first-order valence-electron chi connectivity index (χ1n) is 7.35. The first-order chi connectivity index (χ1) is 12.0. The lowest BCUT2D eigenvalue weighted by Crippen LogP contribution is -2.15. The van der Waals surface area contributed by atoms with Crippen LogP contribution in [0.3, 0.4) is 0 Å². The second-order valence-electron chi connectivity index (χ2n) is 5.30. The van der Waals surface area contributed by atoms with Gasteiger partial charge in [-0.3, -0.25) is 9.59 Å². The average molecular weight is 356 g/mol. The number of carbonyl (C=O) groups excluding carboxylic acids is 2. The predicted octanol–water partition coefficient (Wildman–Crippen LogP) is 2.96. The number of hydrogen-bond acceptors (Lipinski definition) is 5. The normalized spacial score (nSPS) is 10.5. The van der Waals surface area contributed by atoms with Gasteiger partial charge in [-0.05, 0) is 49.4 Å². The topological polar surface area (TPSA) is 103 Å². The van der Waals surface area contributed by atoms with Gasteiger partial charge in [0.25, 0.3) is 5.91 Å². The molecular weight excluding hydrogens is 342 g/mol. The van der Waals surface area contributed by atoms with Crippen LogP contribution in [0.25, 0.3) is 5.69 Å². The molecule has 1 heterocycles. The fraction of sp³-hybridized carbons (Fsp3) is 0.0588. The molecule has 0 spiro atoms. The minimum Gasteiger partial charge on any atom is -0.382 e. The molecule has 7 nitrogen and oxygen atoms in total. The number of nitrogens with zero attached hydrogens (tertiary/aromatic N) is 3. The maximum Gasteiger partial charge on any atom is 0.280 e. The standard InChI is InChI=1S/C17H14ClN5O2/c1-10(24)11-5-7-13(8-6-11)20-17(25)15-16(19)23(22-21-15)14-4-2-3-12(18)9-14/h2-9H,19H2,1H3,(H,20,25). The molecule has 3 N–H and O–H groups in total. The summed E-state index contributed by atoms with van der Waals surface area (Å²) in [6, 6.07) is 13.4. The molecule has 0 aliphatic rings. The number of nitrogens with one attached hydrogen (secondary N) is 1. The summed E-state index contributed by atoms with van der Waals surface area (Å²) in [6.45, 7) is 1.47. The maximum absolute atomic E-state index is 12.4. The third kappa shape index (κ3) is 3.51. The molecule has 25 heavy (non-hydrogen) atoms. The van der Waals surface area contributed by atoms with Crippen LogP contribution < -0.4 is 11.1 Å². The number of benzene rings is 2. The van der Waals surface area contributed by atoms with Crippen LogP contribution >= 0.6 is 11.6 Å². The van der Waals surface area contributed by atoms with Gasteiger partial charge in [-0.2, -0.15) is 4.68 Å². The number of carbonyl (C=O) groups is 2. The molecule has 3 aromatic rings. The van der Waals surface area contributed by atoms with Gasteiger partial charge in [0, 0.05) is 16.3 Å². The van der Waals surface area contributed by atoms with Crippen LogP contribution in [-0.2, 0) is 0 Å². The second-order valence-corrected chi connectivity index (χ2v) is 5.74. The Hall–Kier alpha value is -3.19. The number of ketones is 1. The molecular formula is C17H14ClN5O2. The smallest absolute Gasteiger partial charge is 0.280 e. The lowest BCUT2D eigenvalue weighted by molar-refractivity contribution is 0.101. The van der Waals surface area contributed by atoms with E-state index in [4.69, 9.17) is 17.3 Å². The Bertz CT molecular complexity index is 950. The van der Waals surface area contributed by atoms with Crippen LogP contribution in [0.4, 0.5) is 11.5 Å². The summed E-state index contributed by atoms with van der Waals surface area (Å²) in [6.07, 6.45) is 0. The molecule has 0 fully saturated rings. The number of nitrogen functional groups attached to an aromatic ring is 1. The largest absolute Gasteiger partial charge is 0.382 e. The molecule has 0 saturated carbocycles. The molecule has 3 rings (SSSR count). The van der Waals surface area contributed by atoms with Crippen LogP contribution in [0.15, 0.2) is 48.5 Å². The van der Waals surface area contributed by atoms with Crippen LogP contribution in [0.5, 0.6) is 0 Å². The van der Waals surface area contributed by atoms with Gasteiger partial charge in [0.2, 0.25) is 0 Å². The van der Waals surface area contributed by atoms with E-state index in [2.05, 4.69) is 15.6 Å². The minimum absolute atomic E-state index is 0.00406. The highest BCUT2D eigenvalue weighted by Gasteiger charge is 2.18. The van der Waals surface area contributed by atoms with Crippen molar-refractivity contribution < 1.29 is 9.59 Å². The van der Waals surface area contributed by atoms with Gasteiger partial charge >= 0.3 is 0 Å². The van der Waals surface area contributed by atoms with Crippen molar-refractivity contribution in [1.82, 2.24) is 15.0 Å². The van der Waals surface area contributed by atoms with E-state index in [1.165, 1.54) is 11.6 Å². The van der Waals surface area contributed by atoms with Crippen LogP contribution in [-0.4, -0.2) is 26.7 Å². The Morgan fingerprint density at radius 2 is 1.88 bits per heavy atom. The fourth-order valence-corrected chi connectivity index (χ4v) is 2.41. The molecule has 0 aliphatic carbocycles. The Labute approximate surface area is 148 Å². The number of amides is 1. The van der Waals surface area contributed by atoms with Crippen molar-refractivity contribution in [1.29, 1.82) is 0 Å². The number of Topliss-reactive ketones (excluding diaryl/α,β-unsaturated/α-hetero) is 1. The van der Waals surface area contributed by atoms with Crippen molar-refractivity contribution in [3.63, 3.8) is 0 Å². The zero-order valence-electron chi connectivity index (χ0n) is 13.2. The Kier molecular flexibility index (Phi) is 4.49. The van der Waals surface area contributed by atoms with E-state index in [-0.39, 0.29) is 17.3 Å². The van der Waals surface area contributed by atoms with E-state index in [9.17, 15) is 9.59 Å². The predicted molar refractivity (Wildman–Crippen MR) is 95.2 cm³/mol. The molecule has 8 heteroatoms. The van der Waals surface area contributed by atoms with Crippen molar-refractivity contribution in [3.05, 3.63) is 64.8 Å². The number of rotatable bonds is 4. The lowest BCUT2D eigenvalue weighted by atomic mass is 10.1. The van der Waals surface area contributed by atoms with Crippen molar-refractivity contribution in [3.8, 4) is 5.69 Å². The van der Waals surface area contributed by atoms with E-state index in [0.717, 1.165) is 0 Å². The van der Waals surface area contributed by atoms with Crippen LogP contribution in [0, 0.1) is 0 Å². The van der Waals surface area contributed by atoms with E-state index >= 15 is 0 Å². The molecule has 1 amide bonds. The van der Waals surface area contributed by atoms with Gasteiger partial charge in [0.1, 0.15) is 0 Å². The van der Waals surface area contributed by atoms with Gasteiger partial charge in [-0.1, -0.05) is 22.9 Å². The highest BCUT2D eigenvalue weighted by Crippen LogP contribution is 2.19. The van der Waals surface area contributed by atoms with E-state index in [1.807, 2.05) is 0 Å². The van der Waals surface area contributed by atoms with Gasteiger partial charge in [0.15, 0.2) is 17.3 Å². The van der Waals surface area contributed by atoms with Crippen molar-refractivity contribution in [2.24, 2.45) is 0 Å². The summed E-state index contributed by atoms with van der Waals surface area (Å²) < 4.78 is 1.33. The number of hydrogen-bond donors (Lipinski definition) is 2. The molecule has 0 radical (unpaired) electrons. The van der Waals surface area contributed by atoms with E-state index in [0.29, 0.717) is 22.0 Å². The average Bonchev–Trinajstić information content (AvgIpc) is 2.97. The van der Waals surface area contributed by atoms with Crippen molar-refractivity contribution >= 4 is 34.8 Å². The van der Waals surface area contributed by atoms with Crippen LogP contribution in [0.1, 0.15) is 27.8 Å². The molecule has 126 valence electrons. The zero-order valence-corrected chi connectivity index (χ0v) is 14.0. The molecule has 0 atom stereocenters. The SMILES string of the molecule is CC(=O)c1ccc(NC(=O)c2nnn(-c3cccc(Cl)c3)c2N)cc1. The number of nitrogens with two attached hydrogens (primary N) is 1. The number of anilines is 2. The first-order valence-corrected chi connectivity index (χ1v) is 7.73. The minimum atomic E-state index is -0.499. The third-order valence-electron chi connectivity index (χ3n) is 3.52. The summed E-state index contributed by atoms with van der Waals surface area (Å²) >= 11 is 5.95. The zero-order chi connectivity index (χ0) is 18.0. The van der Waals surface area contributed by atoms with E-state index < -0.39 is 5.91 Å². The summed E-state index contributed by atoms with van der Waals surface area (Å²) in [4.78, 5) is 23.6. The highest BCUT2D eigenvalue weighted by atomic mass is 35.5. The van der Waals surface area contributed by atoms with Crippen LogP contribution in [0.2, 0.25) is 5.02 Å². The van der Waals surface area contributed by atoms with Crippen molar-refractivity contribution in [2.45, 2.75) is 6.92 Å². The maximum atomic E-state index is 12.4. The highest BCUT2D eigenvalue weighted by molar-refractivity contribution is 6.30. The molecule has 0 saturated heterocycles. The molecule has 0 bridgehead atoms. The summed E-state index contributed by atoms with van der Waals surface area (Å²) in [7, 11) is 0. The number of aromatic nitrogens is 3. The number of halogens is 1. The van der Waals surface area contributed by atoms with Gasteiger partial charge < -0.3 is 11.1 Å². The first kappa shape index (κ1) is 16.7. The van der Waals surface area contributed by atoms with Gasteiger partial charge in [-0.25, -0.2) is 0 Å². The third-order valence-corrected chi connectivity index (χ3v) is 3.76. The van der Waals surface area contributed by atoms with Crippen molar-refractivity contribution in [2.75, 3.05) is 11.1 Å². The fourth-order valence-electron chi connectivity index (χ4n) is 2.23. The van der Waals surface area contributed by atoms with Gasteiger partial charge in [0.05, 0.1) is 5.69 Å². The monoisotopic (exact) mass is 355 g/mol. The van der Waals surface area contributed by atoms with E-state index in [1.54, 1.807) is 48.5 Å². The Morgan fingerprint density at radius 1 is 1.16 bits per heavy atom. The Balaban J connectivity index is 1.82. The molecule has 1 aromatic heterocycles. The molecule has 2 aromatic carbocycles. The molecule has 0 unspecified atom stereocenters. The summed E-state index contributed by atoms with van der Waals surface area (Å²) in [5, 5.41) is 10.9. The van der Waals surface area contributed by atoms with Gasteiger partial charge in [-0.15, -0.1) is 5.10 Å². The molecule has 0 aliphatic heterocycles. The second kappa shape index (κ2) is 6.74. The Morgan fingerprint density at radius 3 is 2.52 bits per heavy atom. The lowest BCUT2D eigenvalue weighted by Gasteiger charge is -2.05. The summed E-state index contributed by atoms with van der Waals surface area (Å²) in [5.41, 5.74) is 7.67.